The summed E-state index contributed by atoms with van der Waals surface area (Å²) >= 11 is 0. The number of aromatic nitrogens is 1. The summed E-state index contributed by atoms with van der Waals surface area (Å²) in [5.74, 6) is -2.27. The third-order valence-electron chi connectivity index (χ3n) is 3.76. The van der Waals surface area contributed by atoms with E-state index in [-0.39, 0.29) is 29.7 Å². The lowest BCUT2D eigenvalue weighted by molar-refractivity contribution is -0.140. The first-order valence-electron chi connectivity index (χ1n) is 7.79. The Kier molecular flexibility index (Phi) is 6.10. The van der Waals surface area contributed by atoms with Crippen molar-refractivity contribution < 1.29 is 28.3 Å². The van der Waals surface area contributed by atoms with Gasteiger partial charge in [0.15, 0.2) is 23.0 Å². The van der Waals surface area contributed by atoms with Crippen molar-refractivity contribution in [2.75, 3.05) is 0 Å². The summed E-state index contributed by atoms with van der Waals surface area (Å²) in [7, 11) is 0. The molecule has 2 atom stereocenters. The molecule has 25 heavy (non-hydrogen) atoms. The molecule has 0 saturated heterocycles. The van der Waals surface area contributed by atoms with Gasteiger partial charge in [0, 0.05) is 6.07 Å². The maximum absolute atomic E-state index is 13.5. The van der Waals surface area contributed by atoms with Crippen LogP contribution in [0.1, 0.15) is 36.5 Å². The molecular formula is C17H19FN2O5. The van der Waals surface area contributed by atoms with Gasteiger partial charge in [-0.15, -0.1) is 0 Å². The van der Waals surface area contributed by atoms with E-state index < -0.39 is 23.7 Å². The second-order valence-electron chi connectivity index (χ2n) is 5.57. The van der Waals surface area contributed by atoms with Gasteiger partial charge in [-0.1, -0.05) is 37.6 Å². The molecule has 1 aromatic carbocycles. The lowest BCUT2D eigenvalue weighted by Crippen LogP contribution is -2.45. The Labute approximate surface area is 143 Å². The average Bonchev–Trinajstić information content (AvgIpc) is 3.07. The number of amides is 1. The van der Waals surface area contributed by atoms with E-state index in [1.54, 1.807) is 13.0 Å². The SMILES string of the molecule is CC[C@H](C)[C@H](NC(=O)c1cc(COc2ccccc2F)on1)C(=O)O. The van der Waals surface area contributed by atoms with Crippen molar-refractivity contribution in [1.29, 1.82) is 0 Å². The summed E-state index contributed by atoms with van der Waals surface area (Å²) in [5, 5.41) is 15.2. The number of para-hydroxylation sites is 1. The second-order valence-corrected chi connectivity index (χ2v) is 5.57. The van der Waals surface area contributed by atoms with Crippen LogP contribution < -0.4 is 10.1 Å². The molecule has 0 saturated carbocycles. The van der Waals surface area contributed by atoms with E-state index in [0.29, 0.717) is 6.42 Å². The molecular weight excluding hydrogens is 331 g/mol. The minimum absolute atomic E-state index is 0.0487. The van der Waals surface area contributed by atoms with E-state index in [0.717, 1.165) is 0 Å². The van der Waals surface area contributed by atoms with Crippen LogP contribution in [-0.4, -0.2) is 28.2 Å². The second kappa shape index (κ2) is 8.27. The van der Waals surface area contributed by atoms with Gasteiger partial charge in [0.1, 0.15) is 12.6 Å². The normalized spacial score (nSPS) is 13.1. The van der Waals surface area contributed by atoms with Crippen molar-refractivity contribution in [3.63, 3.8) is 0 Å². The highest BCUT2D eigenvalue weighted by atomic mass is 19.1. The Morgan fingerprint density at radius 3 is 2.76 bits per heavy atom. The van der Waals surface area contributed by atoms with Gasteiger partial charge in [-0.2, -0.15) is 0 Å². The van der Waals surface area contributed by atoms with Gasteiger partial charge in [-0.25, -0.2) is 9.18 Å². The number of nitrogens with zero attached hydrogens (tertiary/aromatic N) is 1. The number of aliphatic carboxylic acids is 1. The predicted octanol–water partition coefficient (Wildman–Crippen LogP) is 2.62. The molecule has 0 aliphatic carbocycles. The number of carbonyl (C=O) groups excluding carboxylic acids is 1. The quantitative estimate of drug-likeness (QED) is 0.759. The summed E-state index contributed by atoms with van der Waals surface area (Å²) in [6, 6.07) is 6.19. The predicted molar refractivity (Wildman–Crippen MR) is 85.6 cm³/mol. The van der Waals surface area contributed by atoms with E-state index in [1.165, 1.54) is 24.3 Å². The van der Waals surface area contributed by atoms with Gasteiger partial charge in [-0.3, -0.25) is 4.79 Å². The Balaban J connectivity index is 1.99. The number of carboxylic acids is 1. The molecule has 0 fully saturated rings. The third kappa shape index (κ3) is 4.79. The van der Waals surface area contributed by atoms with Gasteiger partial charge in [0.05, 0.1) is 0 Å². The highest BCUT2D eigenvalue weighted by Crippen LogP contribution is 2.17. The fourth-order valence-corrected chi connectivity index (χ4v) is 2.10. The summed E-state index contributed by atoms with van der Waals surface area (Å²) in [4.78, 5) is 23.4. The van der Waals surface area contributed by atoms with Crippen LogP contribution >= 0.6 is 0 Å². The maximum atomic E-state index is 13.5. The standard InChI is InChI=1S/C17H19FN2O5/c1-3-10(2)15(17(22)23)19-16(21)13-8-11(25-20-13)9-24-14-7-5-4-6-12(14)18/h4-8,10,15H,3,9H2,1-2H3,(H,19,21)(H,22,23)/t10-,15-/m0/s1. The lowest BCUT2D eigenvalue weighted by atomic mass is 9.99. The molecule has 7 nitrogen and oxygen atoms in total. The fourth-order valence-electron chi connectivity index (χ4n) is 2.10. The van der Waals surface area contributed by atoms with Crippen LogP contribution in [0.4, 0.5) is 4.39 Å². The van der Waals surface area contributed by atoms with E-state index >= 15 is 0 Å². The molecule has 134 valence electrons. The van der Waals surface area contributed by atoms with Crippen LogP contribution in [0.5, 0.6) is 5.75 Å². The van der Waals surface area contributed by atoms with Crippen LogP contribution in [0.2, 0.25) is 0 Å². The molecule has 2 rings (SSSR count). The number of hydrogen-bond acceptors (Lipinski definition) is 5. The van der Waals surface area contributed by atoms with E-state index in [9.17, 15) is 19.1 Å². The number of rotatable bonds is 8. The van der Waals surface area contributed by atoms with Crippen LogP contribution in [-0.2, 0) is 11.4 Å². The van der Waals surface area contributed by atoms with Crippen molar-refractivity contribution >= 4 is 11.9 Å². The Hall–Kier alpha value is -2.90. The monoisotopic (exact) mass is 350 g/mol. The van der Waals surface area contributed by atoms with Crippen molar-refractivity contribution in [2.24, 2.45) is 5.92 Å². The minimum atomic E-state index is -1.12. The van der Waals surface area contributed by atoms with Crippen molar-refractivity contribution in [2.45, 2.75) is 32.9 Å². The molecule has 0 spiro atoms. The molecule has 0 radical (unpaired) electrons. The topological polar surface area (TPSA) is 102 Å². The molecule has 1 amide bonds. The molecule has 0 bridgehead atoms. The maximum Gasteiger partial charge on any atom is 0.326 e. The van der Waals surface area contributed by atoms with E-state index in [1.807, 2.05) is 6.92 Å². The summed E-state index contributed by atoms with van der Waals surface area (Å²) in [6.45, 7) is 3.45. The van der Waals surface area contributed by atoms with E-state index in [4.69, 9.17) is 9.26 Å². The van der Waals surface area contributed by atoms with Crippen LogP contribution in [0, 0.1) is 11.7 Å². The highest BCUT2D eigenvalue weighted by Gasteiger charge is 2.27. The van der Waals surface area contributed by atoms with Crippen LogP contribution in [0.3, 0.4) is 0 Å². The van der Waals surface area contributed by atoms with Crippen LogP contribution in [0.25, 0.3) is 0 Å². The highest BCUT2D eigenvalue weighted by molar-refractivity contribution is 5.94. The zero-order chi connectivity index (χ0) is 18.4. The molecule has 0 unspecified atom stereocenters. The first-order chi connectivity index (χ1) is 11.9. The number of halogens is 1. The summed E-state index contributed by atoms with van der Waals surface area (Å²) in [5.41, 5.74) is -0.0679. The number of benzene rings is 1. The first kappa shape index (κ1) is 18.4. The molecule has 1 aromatic heterocycles. The molecule has 0 aliphatic heterocycles. The van der Waals surface area contributed by atoms with Gasteiger partial charge in [-0.05, 0) is 18.1 Å². The van der Waals surface area contributed by atoms with Gasteiger partial charge < -0.3 is 19.7 Å². The Bertz CT molecular complexity index is 746. The van der Waals surface area contributed by atoms with Crippen LogP contribution in [0.15, 0.2) is 34.9 Å². The zero-order valence-corrected chi connectivity index (χ0v) is 13.9. The van der Waals surface area contributed by atoms with Crippen molar-refractivity contribution in [1.82, 2.24) is 10.5 Å². The smallest absolute Gasteiger partial charge is 0.326 e. The number of ether oxygens (including phenoxy) is 1. The number of nitrogens with one attached hydrogen (secondary N) is 1. The fraction of sp³-hybridized carbons (Fsp3) is 0.353. The number of carboxylic acid groups (broad SMARTS) is 1. The first-order valence-corrected chi connectivity index (χ1v) is 7.79. The molecule has 8 heteroatoms. The average molecular weight is 350 g/mol. The Morgan fingerprint density at radius 1 is 1.40 bits per heavy atom. The lowest BCUT2D eigenvalue weighted by Gasteiger charge is -2.19. The zero-order valence-electron chi connectivity index (χ0n) is 13.9. The van der Waals surface area contributed by atoms with Crippen molar-refractivity contribution in [3.8, 4) is 5.75 Å². The van der Waals surface area contributed by atoms with Crippen molar-refractivity contribution in [3.05, 3.63) is 47.6 Å². The molecule has 1 heterocycles. The van der Waals surface area contributed by atoms with Gasteiger partial charge in [0.2, 0.25) is 0 Å². The largest absolute Gasteiger partial charge is 0.482 e. The van der Waals surface area contributed by atoms with Gasteiger partial charge in [0.25, 0.3) is 5.91 Å². The molecule has 0 aliphatic rings. The van der Waals surface area contributed by atoms with E-state index in [2.05, 4.69) is 10.5 Å². The number of hydrogen-bond donors (Lipinski definition) is 2. The molecule has 2 aromatic rings. The Morgan fingerprint density at radius 2 is 2.12 bits per heavy atom. The number of carbonyl (C=O) groups is 2. The third-order valence-corrected chi connectivity index (χ3v) is 3.76. The summed E-state index contributed by atoms with van der Waals surface area (Å²) in [6.07, 6.45) is 0.595. The minimum Gasteiger partial charge on any atom is -0.482 e. The summed E-state index contributed by atoms with van der Waals surface area (Å²) < 4.78 is 23.7. The molecule has 2 N–H and O–H groups in total. The van der Waals surface area contributed by atoms with Gasteiger partial charge >= 0.3 is 5.97 Å².